The molecular formula is C13H16O5. The van der Waals surface area contributed by atoms with E-state index in [0.29, 0.717) is 6.42 Å². The molecule has 0 aliphatic heterocycles. The highest BCUT2D eigenvalue weighted by Gasteiger charge is 2.61. The van der Waals surface area contributed by atoms with Crippen LogP contribution in [0.25, 0.3) is 0 Å². The van der Waals surface area contributed by atoms with Crippen LogP contribution in [0.1, 0.15) is 19.8 Å². The van der Waals surface area contributed by atoms with Crippen molar-refractivity contribution < 1.29 is 23.9 Å². The quantitative estimate of drug-likeness (QED) is 0.539. The number of ether oxygens (including phenoxy) is 2. The Kier molecular flexibility index (Phi) is 3.00. The monoisotopic (exact) mass is 252 g/mol. The van der Waals surface area contributed by atoms with Crippen LogP contribution in [0, 0.1) is 17.3 Å². The van der Waals surface area contributed by atoms with Crippen LogP contribution in [0.15, 0.2) is 11.6 Å². The van der Waals surface area contributed by atoms with E-state index < -0.39 is 17.4 Å². The van der Waals surface area contributed by atoms with Gasteiger partial charge in [0.2, 0.25) is 0 Å². The highest BCUT2D eigenvalue weighted by molar-refractivity contribution is 6.03. The van der Waals surface area contributed by atoms with E-state index in [1.54, 1.807) is 13.0 Å². The van der Waals surface area contributed by atoms with Gasteiger partial charge in [0.25, 0.3) is 0 Å². The molecule has 0 bridgehead atoms. The predicted octanol–water partition coefficient (Wildman–Crippen LogP) is 0.874. The van der Waals surface area contributed by atoms with E-state index in [-0.39, 0.29) is 24.0 Å². The third-order valence-electron chi connectivity index (χ3n) is 4.21. The summed E-state index contributed by atoms with van der Waals surface area (Å²) in [6.45, 7) is 1.80. The molecule has 0 unspecified atom stereocenters. The van der Waals surface area contributed by atoms with Crippen LogP contribution in [-0.4, -0.2) is 31.9 Å². The molecule has 0 aromatic rings. The van der Waals surface area contributed by atoms with Crippen molar-refractivity contribution in [3.05, 3.63) is 11.6 Å². The maximum atomic E-state index is 12.0. The summed E-state index contributed by atoms with van der Waals surface area (Å²) < 4.78 is 9.54. The Morgan fingerprint density at radius 1 is 1.28 bits per heavy atom. The highest BCUT2D eigenvalue weighted by Crippen LogP contribution is 2.54. The van der Waals surface area contributed by atoms with Gasteiger partial charge in [-0.15, -0.1) is 0 Å². The molecule has 0 N–H and O–H groups in total. The van der Waals surface area contributed by atoms with Crippen molar-refractivity contribution in [2.75, 3.05) is 14.2 Å². The molecule has 98 valence electrons. The van der Waals surface area contributed by atoms with Gasteiger partial charge in [-0.2, -0.15) is 0 Å². The summed E-state index contributed by atoms with van der Waals surface area (Å²) in [5.41, 5.74) is -0.427. The number of carbonyl (C=O) groups excluding carboxylic acids is 3. The molecular weight excluding hydrogens is 236 g/mol. The van der Waals surface area contributed by atoms with Gasteiger partial charge < -0.3 is 9.47 Å². The van der Waals surface area contributed by atoms with E-state index in [1.165, 1.54) is 14.2 Å². The lowest BCUT2D eigenvalue weighted by molar-refractivity contribution is -0.172. The van der Waals surface area contributed by atoms with Gasteiger partial charge in [-0.3, -0.25) is 14.4 Å². The molecule has 5 nitrogen and oxygen atoms in total. The summed E-state index contributed by atoms with van der Waals surface area (Å²) in [6, 6.07) is 0. The average molecular weight is 252 g/mol. The van der Waals surface area contributed by atoms with Gasteiger partial charge in [0.1, 0.15) is 0 Å². The lowest BCUT2D eigenvalue weighted by atomic mass is 9.75. The molecule has 18 heavy (non-hydrogen) atoms. The van der Waals surface area contributed by atoms with Crippen molar-refractivity contribution in [3.8, 4) is 0 Å². The Hall–Kier alpha value is -1.65. The minimum atomic E-state index is -1.29. The fraction of sp³-hybridized carbons (Fsp3) is 0.615. The smallest absolute Gasteiger partial charge is 0.323 e. The second-order valence-electron chi connectivity index (χ2n) is 4.92. The zero-order chi connectivity index (χ0) is 13.5. The summed E-state index contributed by atoms with van der Waals surface area (Å²) in [4.78, 5) is 35.4. The van der Waals surface area contributed by atoms with Crippen molar-refractivity contribution >= 4 is 17.7 Å². The van der Waals surface area contributed by atoms with E-state index in [4.69, 9.17) is 9.47 Å². The normalized spacial score (nSPS) is 28.6. The standard InChI is InChI=1S/C13H16O5/c1-7-10-5-9(14)4-8(10)6-13(7,11(15)17-2)12(16)18-3/h4,7,10H,5-6H2,1-3H3/t7-,10+/m1/s1. The second-order valence-corrected chi connectivity index (χ2v) is 4.92. The van der Waals surface area contributed by atoms with E-state index in [1.807, 2.05) is 0 Å². The maximum absolute atomic E-state index is 12.0. The van der Waals surface area contributed by atoms with Crippen LogP contribution in [0.5, 0.6) is 0 Å². The molecule has 0 aromatic heterocycles. The Morgan fingerprint density at radius 2 is 1.83 bits per heavy atom. The van der Waals surface area contributed by atoms with Crippen LogP contribution >= 0.6 is 0 Å². The second kappa shape index (κ2) is 4.23. The zero-order valence-corrected chi connectivity index (χ0v) is 10.7. The van der Waals surface area contributed by atoms with E-state index in [0.717, 1.165) is 5.57 Å². The lowest BCUT2D eigenvalue weighted by Gasteiger charge is -2.29. The first-order valence-corrected chi connectivity index (χ1v) is 5.87. The summed E-state index contributed by atoms with van der Waals surface area (Å²) in [5, 5.41) is 0. The summed E-state index contributed by atoms with van der Waals surface area (Å²) in [5.74, 6) is -1.43. The molecule has 0 radical (unpaired) electrons. The van der Waals surface area contributed by atoms with Gasteiger partial charge in [-0.1, -0.05) is 12.5 Å². The number of esters is 2. The third-order valence-corrected chi connectivity index (χ3v) is 4.21. The van der Waals surface area contributed by atoms with Crippen molar-refractivity contribution in [2.45, 2.75) is 19.8 Å². The van der Waals surface area contributed by atoms with Crippen LogP contribution in [0.4, 0.5) is 0 Å². The number of methoxy groups -OCH3 is 2. The van der Waals surface area contributed by atoms with E-state index >= 15 is 0 Å². The van der Waals surface area contributed by atoms with Crippen molar-refractivity contribution in [2.24, 2.45) is 17.3 Å². The average Bonchev–Trinajstić information content (AvgIpc) is 2.84. The third kappa shape index (κ3) is 1.50. The van der Waals surface area contributed by atoms with Crippen LogP contribution < -0.4 is 0 Å². The van der Waals surface area contributed by atoms with Gasteiger partial charge in [0.15, 0.2) is 11.2 Å². The number of ketones is 1. The molecule has 0 heterocycles. The Morgan fingerprint density at radius 3 is 2.28 bits per heavy atom. The molecule has 0 amide bonds. The van der Waals surface area contributed by atoms with Crippen LogP contribution in [-0.2, 0) is 23.9 Å². The summed E-state index contributed by atoms with van der Waals surface area (Å²) >= 11 is 0. The van der Waals surface area contributed by atoms with Crippen LogP contribution in [0.2, 0.25) is 0 Å². The van der Waals surface area contributed by atoms with Gasteiger partial charge in [0.05, 0.1) is 14.2 Å². The lowest BCUT2D eigenvalue weighted by Crippen LogP contribution is -2.44. The first-order valence-electron chi connectivity index (χ1n) is 5.87. The van der Waals surface area contributed by atoms with Gasteiger partial charge in [-0.25, -0.2) is 0 Å². The number of hydrogen-bond acceptors (Lipinski definition) is 5. The van der Waals surface area contributed by atoms with Crippen molar-refractivity contribution in [3.63, 3.8) is 0 Å². The van der Waals surface area contributed by atoms with Gasteiger partial charge in [0, 0.05) is 6.42 Å². The van der Waals surface area contributed by atoms with E-state index in [2.05, 4.69) is 0 Å². The predicted molar refractivity (Wildman–Crippen MR) is 61.4 cm³/mol. The van der Waals surface area contributed by atoms with Crippen LogP contribution in [0.3, 0.4) is 0 Å². The number of allylic oxidation sites excluding steroid dienone is 2. The zero-order valence-electron chi connectivity index (χ0n) is 10.7. The number of rotatable bonds is 2. The SMILES string of the molecule is COC(=O)C1(C(=O)OC)CC2=CC(=O)C[C@H]2[C@H]1C. The first kappa shape index (κ1) is 12.8. The van der Waals surface area contributed by atoms with Gasteiger partial charge in [-0.05, 0) is 24.3 Å². The molecule has 0 saturated heterocycles. The first-order chi connectivity index (χ1) is 8.47. The number of carbonyl (C=O) groups is 3. The molecule has 2 aliphatic carbocycles. The van der Waals surface area contributed by atoms with E-state index in [9.17, 15) is 14.4 Å². The molecule has 0 spiro atoms. The topological polar surface area (TPSA) is 69.7 Å². The minimum Gasteiger partial charge on any atom is -0.468 e. The Labute approximate surface area is 105 Å². The molecule has 1 fully saturated rings. The molecule has 5 heteroatoms. The highest BCUT2D eigenvalue weighted by atomic mass is 16.5. The maximum Gasteiger partial charge on any atom is 0.323 e. The molecule has 2 atom stereocenters. The molecule has 2 aliphatic rings. The van der Waals surface area contributed by atoms with Crippen molar-refractivity contribution in [1.29, 1.82) is 0 Å². The summed E-state index contributed by atoms with van der Waals surface area (Å²) in [6.07, 6.45) is 2.14. The summed E-state index contributed by atoms with van der Waals surface area (Å²) in [7, 11) is 2.51. The molecule has 1 saturated carbocycles. The minimum absolute atomic E-state index is 0.0456. The fourth-order valence-corrected chi connectivity index (χ4v) is 3.19. The van der Waals surface area contributed by atoms with Crippen molar-refractivity contribution in [1.82, 2.24) is 0 Å². The largest absolute Gasteiger partial charge is 0.468 e. The number of fused-ring (bicyclic) bond motifs is 1. The number of hydrogen-bond donors (Lipinski definition) is 0. The Balaban J connectivity index is 2.45. The fourth-order valence-electron chi connectivity index (χ4n) is 3.19. The Bertz CT molecular complexity index is 432. The molecule has 0 aromatic carbocycles. The van der Waals surface area contributed by atoms with Gasteiger partial charge >= 0.3 is 11.9 Å². The molecule has 2 rings (SSSR count).